The van der Waals surface area contributed by atoms with Gasteiger partial charge in [-0.1, -0.05) is 12.5 Å². The van der Waals surface area contributed by atoms with Crippen LogP contribution in [0.25, 0.3) is 0 Å². The van der Waals surface area contributed by atoms with Crippen LogP contribution in [0.1, 0.15) is 43.4 Å². The van der Waals surface area contributed by atoms with E-state index in [1.54, 1.807) is 11.3 Å². The largest absolute Gasteiger partial charge is 0.469 e. The lowest BCUT2D eigenvalue weighted by Crippen LogP contribution is -2.24. The standard InChI is InChI=1S/C15H23NO3S/c1-19-15(18)10-3-2-4-11-16-14(17)9-5-7-13-8-6-12-20-13/h6,8,12H,2-5,7,9-11H2,1H3,(H,16,17). The topological polar surface area (TPSA) is 55.4 Å². The molecule has 0 aliphatic carbocycles. The number of rotatable bonds is 10. The molecule has 4 nitrogen and oxygen atoms in total. The smallest absolute Gasteiger partial charge is 0.305 e. The Morgan fingerprint density at radius 2 is 2.05 bits per heavy atom. The predicted molar refractivity (Wildman–Crippen MR) is 80.8 cm³/mol. The summed E-state index contributed by atoms with van der Waals surface area (Å²) in [5.74, 6) is -0.0443. The van der Waals surface area contributed by atoms with Gasteiger partial charge >= 0.3 is 5.97 Å². The Morgan fingerprint density at radius 3 is 2.75 bits per heavy atom. The highest BCUT2D eigenvalue weighted by molar-refractivity contribution is 7.09. The number of ether oxygens (including phenoxy) is 1. The first kappa shape index (κ1) is 16.7. The third kappa shape index (κ3) is 7.94. The first-order valence-electron chi connectivity index (χ1n) is 7.08. The molecule has 1 aromatic heterocycles. The monoisotopic (exact) mass is 297 g/mol. The van der Waals surface area contributed by atoms with Gasteiger partial charge in [-0.2, -0.15) is 0 Å². The Labute approximate surface area is 124 Å². The van der Waals surface area contributed by atoms with E-state index in [0.717, 1.165) is 32.1 Å². The number of unbranched alkanes of at least 4 members (excludes halogenated alkanes) is 2. The normalized spacial score (nSPS) is 10.2. The van der Waals surface area contributed by atoms with Gasteiger partial charge in [0.25, 0.3) is 0 Å². The molecule has 0 saturated heterocycles. The summed E-state index contributed by atoms with van der Waals surface area (Å²) >= 11 is 1.74. The number of hydrogen-bond donors (Lipinski definition) is 1. The van der Waals surface area contributed by atoms with Gasteiger partial charge in [-0.3, -0.25) is 9.59 Å². The van der Waals surface area contributed by atoms with Crippen LogP contribution in [-0.4, -0.2) is 25.5 Å². The van der Waals surface area contributed by atoms with Gasteiger partial charge in [0, 0.05) is 24.3 Å². The van der Waals surface area contributed by atoms with Crippen LogP contribution in [0.4, 0.5) is 0 Å². The van der Waals surface area contributed by atoms with Gasteiger partial charge < -0.3 is 10.1 Å². The zero-order chi connectivity index (χ0) is 14.6. The molecule has 1 N–H and O–H groups in total. The molecule has 112 valence electrons. The van der Waals surface area contributed by atoms with Gasteiger partial charge in [0.05, 0.1) is 7.11 Å². The first-order valence-corrected chi connectivity index (χ1v) is 7.96. The number of esters is 1. The van der Waals surface area contributed by atoms with Crippen molar-refractivity contribution < 1.29 is 14.3 Å². The molecule has 1 rings (SSSR count). The van der Waals surface area contributed by atoms with Crippen LogP contribution < -0.4 is 5.32 Å². The van der Waals surface area contributed by atoms with E-state index in [2.05, 4.69) is 21.5 Å². The van der Waals surface area contributed by atoms with Crippen LogP contribution in [0.5, 0.6) is 0 Å². The Balaban J connectivity index is 1.91. The number of amides is 1. The number of methoxy groups -OCH3 is 1. The maximum absolute atomic E-state index is 11.6. The first-order chi connectivity index (χ1) is 9.72. The molecule has 0 aliphatic rings. The van der Waals surface area contributed by atoms with E-state index >= 15 is 0 Å². The Kier molecular flexibility index (Phi) is 8.71. The molecule has 0 spiro atoms. The van der Waals surface area contributed by atoms with E-state index in [1.807, 2.05) is 6.07 Å². The van der Waals surface area contributed by atoms with Crippen LogP contribution >= 0.6 is 11.3 Å². The van der Waals surface area contributed by atoms with E-state index in [1.165, 1.54) is 12.0 Å². The molecule has 0 bridgehead atoms. The Morgan fingerprint density at radius 1 is 1.20 bits per heavy atom. The van der Waals surface area contributed by atoms with Gasteiger partial charge in [0.2, 0.25) is 5.91 Å². The lowest BCUT2D eigenvalue weighted by molar-refractivity contribution is -0.140. The number of aryl methyl sites for hydroxylation is 1. The molecule has 0 aliphatic heterocycles. The van der Waals surface area contributed by atoms with E-state index in [4.69, 9.17) is 0 Å². The van der Waals surface area contributed by atoms with E-state index in [0.29, 0.717) is 19.4 Å². The maximum atomic E-state index is 11.6. The number of thiophene rings is 1. The fourth-order valence-electron chi connectivity index (χ4n) is 1.87. The highest BCUT2D eigenvalue weighted by Gasteiger charge is 2.02. The summed E-state index contributed by atoms with van der Waals surface area (Å²) in [6, 6.07) is 4.14. The summed E-state index contributed by atoms with van der Waals surface area (Å²) < 4.78 is 4.56. The van der Waals surface area contributed by atoms with Crippen molar-refractivity contribution in [1.29, 1.82) is 0 Å². The second kappa shape index (κ2) is 10.4. The van der Waals surface area contributed by atoms with Crippen molar-refractivity contribution >= 4 is 23.2 Å². The van der Waals surface area contributed by atoms with E-state index in [-0.39, 0.29) is 11.9 Å². The average Bonchev–Trinajstić information content (AvgIpc) is 2.95. The molecule has 0 saturated carbocycles. The summed E-state index contributed by atoms with van der Waals surface area (Å²) in [6.45, 7) is 0.693. The van der Waals surface area contributed by atoms with Crippen molar-refractivity contribution in [2.45, 2.75) is 44.9 Å². The zero-order valence-electron chi connectivity index (χ0n) is 12.0. The van der Waals surface area contributed by atoms with Gasteiger partial charge in [-0.05, 0) is 37.1 Å². The maximum Gasteiger partial charge on any atom is 0.305 e. The van der Waals surface area contributed by atoms with Crippen molar-refractivity contribution in [3.63, 3.8) is 0 Å². The third-order valence-electron chi connectivity index (χ3n) is 3.01. The van der Waals surface area contributed by atoms with Gasteiger partial charge in [-0.25, -0.2) is 0 Å². The fraction of sp³-hybridized carbons (Fsp3) is 0.600. The van der Waals surface area contributed by atoms with Gasteiger partial charge in [0.15, 0.2) is 0 Å². The second-order valence-corrected chi connectivity index (χ2v) is 5.70. The molecule has 0 atom stereocenters. The summed E-state index contributed by atoms with van der Waals surface area (Å²) in [5.41, 5.74) is 0. The van der Waals surface area contributed by atoms with Gasteiger partial charge in [0.1, 0.15) is 0 Å². The number of hydrogen-bond acceptors (Lipinski definition) is 4. The van der Waals surface area contributed by atoms with Crippen LogP contribution in [0.2, 0.25) is 0 Å². The molecular formula is C15H23NO3S. The van der Waals surface area contributed by atoms with Crippen LogP contribution in [-0.2, 0) is 20.7 Å². The third-order valence-corrected chi connectivity index (χ3v) is 3.95. The molecule has 1 amide bonds. The number of nitrogens with one attached hydrogen (secondary N) is 1. The predicted octanol–water partition coefficient (Wildman–Crippen LogP) is 2.92. The van der Waals surface area contributed by atoms with Crippen LogP contribution in [0.15, 0.2) is 17.5 Å². The molecular weight excluding hydrogens is 274 g/mol. The second-order valence-electron chi connectivity index (χ2n) is 4.67. The average molecular weight is 297 g/mol. The molecule has 1 aromatic rings. The molecule has 0 radical (unpaired) electrons. The van der Waals surface area contributed by atoms with Crippen molar-refractivity contribution in [2.75, 3.05) is 13.7 Å². The molecule has 0 fully saturated rings. The van der Waals surface area contributed by atoms with Crippen LogP contribution in [0.3, 0.4) is 0 Å². The minimum Gasteiger partial charge on any atom is -0.469 e. The molecule has 5 heteroatoms. The van der Waals surface area contributed by atoms with Crippen molar-refractivity contribution in [2.24, 2.45) is 0 Å². The summed E-state index contributed by atoms with van der Waals surface area (Å²) in [4.78, 5) is 23.8. The minimum atomic E-state index is -0.164. The van der Waals surface area contributed by atoms with Crippen molar-refractivity contribution in [3.05, 3.63) is 22.4 Å². The van der Waals surface area contributed by atoms with Crippen molar-refractivity contribution in [3.8, 4) is 0 Å². The molecule has 1 heterocycles. The van der Waals surface area contributed by atoms with Gasteiger partial charge in [-0.15, -0.1) is 11.3 Å². The highest BCUT2D eigenvalue weighted by atomic mass is 32.1. The summed E-state index contributed by atoms with van der Waals surface area (Å²) in [6.07, 6.45) is 5.59. The van der Waals surface area contributed by atoms with E-state index in [9.17, 15) is 9.59 Å². The molecule has 0 aromatic carbocycles. The minimum absolute atomic E-state index is 0.120. The molecule has 20 heavy (non-hydrogen) atoms. The zero-order valence-corrected chi connectivity index (χ0v) is 12.8. The van der Waals surface area contributed by atoms with E-state index < -0.39 is 0 Å². The number of carbonyl (C=O) groups excluding carboxylic acids is 2. The lowest BCUT2D eigenvalue weighted by Gasteiger charge is -2.04. The van der Waals surface area contributed by atoms with Crippen molar-refractivity contribution in [1.82, 2.24) is 5.32 Å². The van der Waals surface area contributed by atoms with Crippen LogP contribution in [0, 0.1) is 0 Å². The molecule has 0 unspecified atom stereocenters. The quantitative estimate of drug-likeness (QED) is 0.533. The Bertz CT molecular complexity index is 390. The lowest BCUT2D eigenvalue weighted by atomic mass is 10.2. The summed E-state index contributed by atoms with van der Waals surface area (Å²) in [5, 5.41) is 4.97. The number of carbonyl (C=O) groups is 2. The highest BCUT2D eigenvalue weighted by Crippen LogP contribution is 2.11. The fourth-order valence-corrected chi connectivity index (χ4v) is 2.62. The SMILES string of the molecule is COC(=O)CCCCCNC(=O)CCCc1cccs1. The summed E-state index contributed by atoms with van der Waals surface area (Å²) in [7, 11) is 1.40. The Hall–Kier alpha value is -1.36.